The average Bonchev–Trinajstić information content (AvgIpc) is 3.44. The predicted octanol–water partition coefficient (Wildman–Crippen LogP) is 19.3. The van der Waals surface area contributed by atoms with Crippen molar-refractivity contribution in [3.8, 4) is 55.6 Å². The molecule has 12 rings (SSSR count). The van der Waals surface area contributed by atoms with Crippen molar-refractivity contribution in [3.05, 3.63) is 291 Å². The average molecular weight is 893 g/mol. The van der Waals surface area contributed by atoms with E-state index < -0.39 is 0 Å². The van der Waals surface area contributed by atoms with Gasteiger partial charge in [0.05, 0.1) is 5.69 Å². The first kappa shape index (κ1) is 42.1. The van der Waals surface area contributed by atoms with Gasteiger partial charge in [0.2, 0.25) is 0 Å². The second-order valence-corrected chi connectivity index (χ2v) is 17.8. The molecule has 0 saturated heterocycles. The molecule has 0 radical (unpaired) electrons. The standard InChI is InChI=1S/C68H48N2/c1-3-14-49(15-4-1)57-22-11-24-59(46-57)54-32-39-63(40-33-54)69(64-41-34-55(35-42-64)60-25-12-23-58(47-60)50-16-5-2-6-17-50)62-37-28-52(29-38-62)53-30-43-65(44-31-53)70(66-45-36-51-18-7-8-20-61(51)48-66)68-27-13-21-56-19-9-10-26-67(56)68/h1-48H. The minimum absolute atomic E-state index is 1.08. The zero-order valence-electron chi connectivity index (χ0n) is 38.6. The number of hydrogen-bond donors (Lipinski definition) is 0. The minimum Gasteiger partial charge on any atom is -0.311 e. The minimum atomic E-state index is 1.08. The third-order valence-electron chi connectivity index (χ3n) is 13.4. The molecule has 0 aliphatic rings. The summed E-state index contributed by atoms with van der Waals surface area (Å²) in [6.07, 6.45) is 0. The maximum atomic E-state index is 2.38. The zero-order valence-corrected chi connectivity index (χ0v) is 38.6. The monoisotopic (exact) mass is 892 g/mol. The van der Waals surface area contributed by atoms with Crippen LogP contribution in [-0.2, 0) is 0 Å². The van der Waals surface area contributed by atoms with Crippen LogP contribution in [0.4, 0.5) is 34.1 Å². The van der Waals surface area contributed by atoms with Crippen LogP contribution in [-0.4, -0.2) is 0 Å². The van der Waals surface area contributed by atoms with Crippen LogP contribution in [0, 0.1) is 0 Å². The number of benzene rings is 12. The second-order valence-electron chi connectivity index (χ2n) is 17.8. The quantitative estimate of drug-likeness (QED) is 0.128. The van der Waals surface area contributed by atoms with Crippen molar-refractivity contribution in [1.82, 2.24) is 0 Å². The second kappa shape index (κ2) is 18.8. The van der Waals surface area contributed by atoms with Crippen molar-refractivity contribution in [2.75, 3.05) is 9.80 Å². The van der Waals surface area contributed by atoms with Crippen molar-refractivity contribution in [3.63, 3.8) is 0 Å². The van der Waals surface area contributed by atoms with E-state index in [4.69, 9.17) is 0 Å². The fourth-order valence-corrected chi connectivity index (χ4v) is 9.82. The van der Waals surface area contributed by atoms with E-state index in [9.17, 15) is 0 Å². The first-order valence-electron chi connectivity index (χ1n) is 24.0. The molecule has 0 aliphatic heterocycles. The lowest BCUT2D eigenvalue weighted by Crippen LogP contribution is -2.10. The first-order valence-corrected chi connectivity index (χ1v) is 24.0. The van der Waals surface area contributed by atoms with Gasteiger partial charge in [-0.3, -0.25) is 0 Å². The molecule has 12 aromatic carbocycles. The SMILES string of the molecule is c1ccc(-c2cccc(-c3ccc(N(c4ccc(-c5ccc(N(c6ccc7ccccc7c6)c6cccc7ccccc67)cc5)cc4)c4ccc(-c5cccc(-c6ccccc6)c5)cc4)cc3)c2)cc1. The lowest BCUT2D eigenvalue weighted by Gasteiger charge is -2.27. The van der Waals surface area contributed by atoms with Gasteiger partial charge in [0.1, 0.15) is 0 Å². The Labute approximate surface area is 410 Å². The highest BCUT2D eigenvalue weighted by Crippen LogP contribution is 2.42. The molecule has 0 spiro atoms. The Balaban J connectivity index is 0.881. The van der Waals surface area contributed by atoms with Gasteiger partial charge in [-0.15, -0.1) is 0 Å². The summed E-state index contributed by atoms with van der Waals surface area (Å²) in [5, 5.41) is 4.86. The molecule has 0 amide bonds. The van der Waals surface area contributed by atoms with Crippen LogP contribution in [0.1, 0.15) is 0 Å². The first-order chi connectivity index (χ1) is 34.7. The lowest BCUT2D eigenvalue weighted by atomic mass is 9.98. The van der Waals surface area contributed by atoms with Gasteiger partial charge in [-0.2, -0.15) is 0 Å². The van der Waals surface area contributed by atoms with Crippen molar-refractivity contribution in [1.29, 1.82) is 0 Å². The third kappa shape index (κ3) is 8.51. The highest BCUT2D eigenvalue weighted by atomic mass is 15.1. The van der Waals surface area contributed by atoms with Crippen LogP contribution in [0.25, 0.3) is 77.2 Å². The van der Waals surface area contributed by atoms with Gasteiger partial charge in [0.25, 0.3) is 0 Å². The largest absolute Gasteiger partial charge is 0.311 e. The fraction of sp³-hybridized carbons (Fsp3) is 0. The molecule has 70 heavy (non-hydrogen) atoms. The van der Waals surface area contributed by atoms with E-state index in [1.807, 2.05) is 0 Å². The summed E-state index contributed by atoms with van der Waals surface area (Å²) in [7, 11) is 0. The Kier molecular flexibility index (Phi) is 11.3. The van der Waals surface area contributed by atoms with Crippen molar-refractivity contribution in [2.24, 2.45) is 0 Å². The lowest BCUT2D eigenvalue weighted by molar-refractivity contribution is 1.28. The normalized spacial score (nSPS) is 11.1. The third-order valence-corrected chi connectivity index (χ3v) is 13.4. The molecule has 0 unspecified atom stereocenters. The van der Waals surface area contributed by atoms with Crippen LogP contribution in [0.5, 0.6) is 0 Å². The van der Waals surface area contributed by atoms with Crippen LogP contribution < -0.4 is 9.80 Å². The molecule has 0 aliphatic carbocycles. The summed E-state index contributed by atoms with van der Waals surface area (Å²) >= 11 is 0. The van der Waals surface area contributed by atoms with Crippen LogP contribution >= 0.6 is 0 Å². The smallest absolute Gasteiger partial charge is 0.0540 e. The molecule has 0 N–H and O–H groups in total. The van der Waals surface area contributed by atoms with E-state index in [1.54, 1.807) is 0 Å². The molecule has 0 bridgehead atoms. The summed E-state index contributed by atoms with van der Waals surface area (Å²) in [5.41, 5.74) is 18.5. The Morgan fingerprint density at radius 2 is 0.500 bits per heavy atom. The summed E-state index contributed by atoms with van der Waals surface area (Å²) in [6.45, 7) is 0. The molecular weight excluding hydrogens is 845 g/mol. The van der Waals surface area contributed by atoms with E-state index in [2.05, 4.69) is 301 Å². The number of anilines is 6. The van der Waals surface area contributed by atoms with Gasteiger partial charge in [-0.25, -0.2) is 0 Å². The van der Waals surface area contributed by atoms with Crippen molar-refractivity contribution in [2.45, 2.75) is 0 Å². The highest BCUT2D eigenvalue weighted by molar-refractivity contribution is 6.00. The van der Waals surface area contributed by atoms with Crippen molar-refractivity contribution < 1.29 is 0 Å². The summed E-state index contributed by atoms with van der Waals surface area (Å²) in [6, 6.07) is 105. The highest BCUT2D eigenvalue weighted by Gasteiger charge is 2.18. The maximum Gasteiger partial charge on any atom is 0.0540 e. The van der Waals surface area contributed by atoms with Gasteiger partial charge in [0, 0.05) is 33.8 Å². The number of fused-ring (bicyclic) bond motifs is 2. The topological polar surface area (TPSA) is 6.48 Å². The maximum absolute atomic E-state index is 2.38. The van der Waals surface area contributed by atoms with Crippen LogP contribution in [0.3, 0.4) is 0 Å². The van der Waals surface area contributed by atoms with Gasteiger partial charge in [0.15, 0.2) is 0 Å². The molecule has 330 valence electrons. The van der Waals surface area contributed by atoms with Crippen molar-refractivity contribution >= 4 is 55.7 Å². The van der Waals surface area contributed by atoms with E-state index in [0.717, 1.165) is 45.3 Å². The Morgan fingerprint density at radius 3 is 0.986 bits per heavy atom. The molecule has 0 heterocycles. The zero-order chi connectivity index (χ0) is 46.6. The summed E-state index contributed by atoms with van der Waals surface area (Å²) < 4.78 is 0. The van der Waals surface area contributed by atoms with Crippen LogP contribution in [0.15, 0.2) is 291 Å². The van der Waals surface area contributed by atoms with E-state index in [-0.39, 0.29) is 0 Å². The molecule has 0 fully saturated rings. The Morgan fingerprint density at radius 1 is 0.171 bits per heavy atom. The predicted molar refractivity (Wildman–Crippen MR) is 298 cm³/mol. The molecule has 12 aromatic rings. The van der Waals surface area contributed by atoms with Crippen LogP contribution in [0.2, 0.25) is 0 Å². The number of hydrogen-bond acceptors (Lipinski definition) is 2. The number of rotatable bonds is 11. The van der Waals surface area contributed by atoms with Gasteiger partial charge < -0.3 is 9.80 Å². The summed E-state index contributed by atoms with van der Waals surface area (Å²) in [4.78, 5) is 4.74. The summed E-state index contributed by atoms with van der Waals surface area (Å²) in [5.74, 6) is 0. The van der Waals surface area contributed by atoms with E-state index in [0.29, 0.717) is 0 Å². The molecule has 2 nitrogen and oxygen atoms in total. The molecular formula is C68H48N2. The molecule has 0 saturated carbocycles. The van der Waals surface area contributed by atoms with Gasteiger partial charge in [-0.05, 0) is 151 Å². The fourth-order valence-electron chi connectivity index (χ4n) is 9.82. The Hall–Kier alpha value is -9.24. The van der Waals surface area contributed by atoms with Gasteiger partial charge >= 0.3 is 0 Å². The molecule has 2 heteroatoms. The van der Waals surface area contributed by atoms with E-state index >= 15 is 0 Å². The molecule has 0 aromatic heterocycles. The van der Waals surface area contributed by atoms with E-state index in [1.165, 1.54) is 66.1 Å². The molecule has 0 atom stereocenters. The number of nitrogens with zero attached hydrogens (tertiary/aromatic N) is 2. The Bertz CT molecular complexity index is 3600. The van der Waals surface area contributed by atoms with Gasteiger partial charge in [-0.1, -0.05) is 212 Å².